The summed E-state index contributed by atoms with van der Waals surface area (Å²) in [7, 11) is -0.0754. The van der Waals surface area contributed by atoms with Gasteiger partial charge in [-0.15, -0.1) is 0 Å². The molecule has 0 spiro atoms. The van der Waals surface area contributed by atoms with Crippen molar-refractivity contribution in [3.8, 4) is 5.75 Å². The summed E-state index contributed by atoms with van der Waals surface area (Å²) < 4.78 is 32.8. The van der Waals surface area contributed by atoms with Gasteiger partial charge in [-0.25, -0.2) is 8.42 Å². The van der Waals surface area contributed by atoms with Gasteiger partial charge in [-0.05, 0) is 44.3 Å². The molecule has 0 atom stereocenters. The maximum atomic E-state index is 13.0. The maximum absolute atomic E-state index is 13.0. The topological polar surface area (TPSA) is 70.2 Å². The standard InChI is InChI=1S/C22H29N3O4S/c1-4-29-21-11-10-18(22(26)25-14-12-23(2)13-15-25)16-19(21)17-24(3)30(27,28)20-8-6-5-7-9-20/h5-11,16H,4,12-15,17H2,1-3H3. The van der Waals surface area contributed by atoms with Crippen LogP contribution >= 0.6 is 0 Å². The van der Waals surface area contributed by atoms with Gasteiger partial charge in [0.05, 0.1) is 11.5 Å². The molecule has 7 nitrogen and oxygen atoms in total. The lowest BCUT2D eigenvalue weighted by Gasteiger charge is -2.32. The molecule has 1 aliphatic heterocycles. The first-order chi connectivity index (χ1) is 14.3. The summed E-state index contributed by atoms with van der Waals surface area (Å²) in [6.07, 6.45) is 0. The van der Waals surface area contributed by atoms with Crippen molar-refractivity contribution in [3.05, 3.63) is 59.7 Å². The van der Waals surface area contributed by atoms with Gasteiger partial charge in [0.2, 0.25) is 10.0 Å². The van der Waals surface area contributed by atoms with Crippen molar-refractivity contribution >= 4 is 15.9 Å². The number of ether oxygens (including phenoxy) is 1. The monoisotopic (exact) mass is 431 g/mol. The first-order valence-corrected chi connectivity index (χ1v) is 11.5. The van der Waals surface area contributed by atoms with Crippen LogP contribution in [0.2, 0.25) is 0 Å². The van der Waals surface area contributed by atoms with Crippen molar-refractivity contribution in [3.63, 3.8) is 0 Å². The smallest absolute Gasteiger partial charge is 0.253 e. The van der Waals surface area contributed by atoms with Crippen LogP contribution in [0, 0.1) is 0 Å². The van der Waals surface area contributed by atoms with Gasteiger partial charge in [0.1, 0.15) is 5.75 Å². The van der Waals surface area contributed by atoms with Crippen LogP contribution in [0.4, 0.5) is 0 Å². The Balaban J connectivity index is 1.85. The summed E-state index contributed by atoms with van der Waals surface area (Å²) in [5.41, 5.74) is 1.21. The van der Waals surface area contributed by atoms with Crippen LogP contribution in [-0.2, 0) is 16.6 Å². The fourth-order valence-electron chi connectivity index (χ4n) is 3.42. The predicted octanol–water partition coefficient (Wildman–Crippen LogP) is 2.29. The second-order valence-electron chi connectivity index (χ2n) is 7.43. The molecule has 0 N–H and O–H groups in total. The van der Waals surface area contributed by atoms with Crippen molar-refractivity contribution < 1.29 is 17.9 Å². The third-order valence-corrected chi connectivity index (χ3v) is 7.06. The Bertz CT molecular complexity index is 971. The van der Waals surface area contributed by atoms with Crippen LogP contribution in [0.15, 0.2) is 53.4 Å². The Morgan fingerprint density at radius 2 is 1.73 bits per heavy atom. The summed E-state index contributed by atoms with van der Waals surface area (Å²) in [5, 5.41) is 0. The molecule has 2 aromatic rings. The molecule has 1 amide bonds. The highest BCUT2D eigenvalue weighted by molar-refractivity contribution is 7.89. The number of nitrogens with zero attached hydrogens (tertiary/aromatic N) is 3. The molecule has 0 aliphatic carbocycles. The summed E-state index contributed by atoms with van der Waals surface area (Å²) in [6.45, 7) is 5.48. The van der Waals surface area contributed by atoms with Crippen LogP contribution in [0.1, 0.15) is 22.8 Å². The predicted molar refractivity (Wildman–Crippen MR) is 116 cm³/mol. The Morgan fingerprint density at radius 3 is 2.37 bits per heavy atom. The van der Waals surface area contributed by atoms with E-state index in [2.05, 4.69) is 4.90 Å². The van der Waals surface area contributed by atoms with Crippen LogP contribution < -0.4 is 4.74 Å². The van der Waals surface area contributed by atoms with Gasteiger partial charge >= 0.3 is 0 Å². The van der Waals surface area contributed by atoms with Crippen LogP contribution in [0.3, 0.4) is 0 Å². The number of amides is 1. The number of carbonyl (C=O) groups excluding carboxylic acids is 1. The van der Waals surface area contributed by atoms with Crippen molar-refractivity contribution in [2.45, 2.75) is 18.4 Å². The number of benzene rings is 2. The average Bonchev–Trinajstić information content (AvgIpc) is 2.75. The quantitative estimate of drug-likeness (QED) is 0.673. The molecule has 0 saturated carbocycles. The highest BCUT2D eigenvalue weighted by Gasteiger charge is 2.24. The van der Waals surface area contributed by atoms with E-state index in [0.29, 0.717) is 36.6 Å². The Labute approximate surface area is 178 Å². The zero-order chi connectivity index (χ0) is 21.7. The zero-order valence-electron chi connectivity index (χ0n) is 17.7. The molecule has 2 aromatic carbocycles. The fourth-order valence-corrected chi connectivity index (χ4v) is 4.59. The number of piperazine rings is 1. The summed E-state index contributed by atoms with van der Waals surface area (Å²) in [5.74, 6) is 0.545. The SMILES string of the molecule is CCOc1ccc(C(=O)N2CCN(C)CC2)cc1CN(C)S(=O)(=O)c1ccccc1. The van der Waals surface area contributed by atoms with Gasteiger partial charge in [0, 0.05) is 50.9 Å². The molecule has 1 saturated heterocycles. The van der Waals surface area contributed by atoms with Crippen LogP contribution in [-0.4, -0.2) is 75.3 Å². The largest absolute Gasteiger partial charge is 0.494 e. The fraction of sp³-hybridized carbons (Fsp3) is 0.409. The number of carbonyl (C=O) groups is 1. The molecule has 0 aromatic heterocycles. The zero-order valence-corrected chi connectivity index (χ0v) is 18.6. The molecule has 3 rings (SSSR count). The minimum absolute atomic E-state index is 0.0408. The third-order valence-electron chi connectivity index (χ3n) is 5.24. The lowest BCUT2D eigenvalue weighted by atomic mass is 10.1. The summed E-state index contributed by atoms with van der Waals surface area (Å²) in [4.78, 5) is 17.2. The van der Waals surface area contributed by atoms with Gasteiger partial charge in [-0.1, -0.05) is 18.2 Å². The Kier molecular flexibility index (Phi) is 7.12. The number of rotatable bonds is 7. The van der Waals surface area contributed by atoms with Crippen LogP contribution in [0.25, 0.3) is 0 Å². The average molecular weight is 432 g/mol. The molecule has 0 bridgehead atoms. The number of hydrogen-bond donors (Lipinski definition) is 0. The number of hydrogen-bond acceptors (Lipinski definition) is 5. The van der Waals surface area contributed by atoms with E-state index in [-0.39, 0.29) is 17.3 Å². The normalized spacial score (nSPS) is 15.4. The molecule has 8 heteroatoms. The Hall–Kier alpha value is -2.42. The summed E-state index contributed by atoms with van der Waals surface area (Å²) in [6, 6.07) is 13.6. The van der Waals surface area contributed by atoms with E-state index in [1.807, 2.05) is 18.9 Å². The van der Waals surface area contributed by atoms with Gasteiger partial charge in [-0.2, -0.15) is 4.31 Å². The summed E-state index contributed by atoms with van der Waals surface area (Å²) >= 11 is 0. The lowest BCUT2D eigenvalue weighted by molar-refractivity contribution is 0.0664. The van der Waals surface area contributed by atoms with E-state index in [4.69, 9.17) is 4.74 Å². The first-order valence-electron chi connectivity index (χ1n) is 10.1. The van der Waals surface area contributed by atoms with E-state index in [1.54, 1.807) is 48.5 Å². The van der Waals surface area contributed by atoms with E-state index in [9.17, 15) is 13.2 Å². The molecule has 1 aliphatic rings. The lowest BCUT2D eigenvalue weighted by Crippen LogP contribution is -2.47. The molecule has 0 unspecified atom stereocenters. The molecule has 0 radical (unpaired) electrons. The number of likely N-dealkylation sites (N-methyl/N-ethyl adjacent to an activating group) is 1. The van der Waals surface area contributed by atoms with E-state index in [0.717, 1.165) is 13.1 Å². The highest BCUT2D eigenvalue weighted by Crippen LogP contribution is 2.25. The molecular formula is C22H29N3O4S. The molecular weight excluding hydrogens is 402 g/mol. The molecule has 162 valence electrons. The second-order valence-corrected chi connectivity index (χ2v) is 9.47. The van der Waals surface area contributed by atoms with Crippen molar-refractivity contribution in [1.29, 1.82) is 0 Å². The van der Waals surface area contributed by atoms with Crippen molar-refractivity contribution in [2.75, 3.05) is 46.9 Å². The number of sulfonamides is 1. The minimum Gasteiger partial charge on any atom is -0.494 e. The molecule has 1 heterocycles. The van der Waals surface area contributed by atoms with E-state index in [1.165, 1.54) is 11.4 Å². The maximum Gasteiger partial charge on any atom is 0.253 e. The Morgan fingerprint density at radius 1 is 1.07 bits per heavy atom. The second kappa shape index (κ2) is 9.59. The third kappa shape index (κ3) is 5.00. The molecule has 1 fully saturated rings. The highest BCUT2D eigenvalue weighted by atomic mass is 32.2. The van der Waals surface area contributed by atoms with Gasteiger partial charge in [-0.3, -0.25) is 4.79 Å². The van der Waals surface area contributed by atoms with Crippen LogP contribution in [0.5, 0.6) is 5.75 Å². The minimum atomic E-state index is -3.65. The van der Waals surface area contributed by atoms with Crippen molar-refractivity contribution in [2.24, 2.45) is 0 Å². The van der Waals surface area contributed by atoms with Gasteiger partial charge in [0.15, 0.2) is 0 Å². The van der Waals surface area contributed by atoms with E-state index >= 15 is 0 Å². The van der Waals surface area contributed by atoms with Gasteiger partial charge in [0.25, 0.3) is 5.91 Å². The van der Waals surface area contributed by atoms with Crippen molar-refractivity contribution in [1.82, 2.24) is 14.1 Å². The van der Waals surface area contributed by atoms with Gasteiger partial charge < -0.3 is 14.5 Å². The molecule has 30 heavy (non-hydrogen) atoms. The first kappa shape index (κ1) is 22.3. The van der Waals surface area contributed by atoms with E-state index < -0.39 is 10.0 Å².